The van der Waals surface area contributed by atoms with Gasteiger partial charge in [0.1, 0.15) is 6.04 Å². The molecule has 1 aliphatic heterocycles. The Bertz CT molecular complexity index is 546. The Hall–Kier alpha value is -1.84. The molecule has 1 heterocycles. The lowest BCUT2D eigenvalue weighted by Gasteiger charge is -2.23. The van der Waals surface area contributed by atoms with Crippen LogP contribution in [0.3, 0.4) is 0 Å². The summed E-state index contributed by atoms with van der Waals surface area (Å²) in [6.07, 6.45) is 7.71. The van der Waals surface area contributed by atoms with Gasteiger partial charge in [-0.05, 0) is 49.3 Å². The minimum Gasteiger partial charge on any atom is -0.480 e. The third kappa shape index (κ3) is 3.01. The molecule has 4 nitrogen and oxygen atoms in total. The zero-order chi connectivity index (χ0) is 15.5. The summed E-state index contributed by atoms with van der Waals surface area (Å²) in [5.41, 5.74) is 1.92. The summed E-state index contributed by atoms with van der Waals surface area (Å²) in [6.45, 7) is 0.542. The smallest absolute Gasteiger partial charge is 0.326 e. The van der Waals surface area contributed by atoms with Crippen LogP contribution in [0.25, 0.3) is 0 Å². The fraction of sp³-hybridized carbons (Fsp3) is 0.556. The van der Waals surface area contributed by atoms with E-state index in [1.165, 1.54) is 42.6 Å². The summed E-state index contributed by atoms with van der Waals surface area (Å²) in [5, 5.41) is 9.20. The van der Waals surface area contributed by atoms with Gasteiger partial charge >= 0.3 is 5.97 Å². The molecule has 0 aromatic heterocycles. The van der Waals surface area contributed by atoms with Gasteiger partial charge in [-0.3, -0.25) is 4.79 Å². The van der Waals surface area contributed by atoms with Crippen LogP contribution in [-0.2, 0) is 4.79 Å². The third-order valence-electron chi connectivity index (χ3n) is 5.03. The summed E-state index contributed by atoms with van der Waals surface area (Å²) >= 11 is 0. The van der Waals surface area contributed by atoms with Crippen molar-refractivity contribution in [1.82, 2.24) is 4.90 Å². The van der Waals surface area contributed by atoms with Crippen molar-refractivity contribution in [2.24, 2.45) is 0 Å². The van der Waals surface area contributed by atoms with Crippen LogP contribution in [0.1, 0.15) is 66.8 Å². The van der Waals surface area contributed by atoms with E-state index in [4.69, 9.17) is 0 Å². The summed E-state index contributed by atoms with van der Waals surface area (Å²) in [7, 11) is 0. The number of rotatable bonds is 3. The monoisotopic (exact) mass is 301 g/mol. The standard InChI is InChI=1S/C18H23NO3/c20-17(19-12-4-7-16(19)18(21)22)15-10-8-14(9-11-15)13-5-2-1-3-6-13/h8-11,13,16H,1-7,12H2,(H,21,22). The predicted molar refractivity (Wildman–Crippen MR) is 84.0 cm³/mol. The van der Waals surface area contributed by atoms with Crippen LogP contribution in [0.2, 0.25) is 0 Å². The van der Waals surface area contributed by atoms with Crippen molar-refractivity contribution in [3.8, 4) is 0 Å². The normalized spacial score (nSPS) is 22.7. The van der Waals surface area contributed by atoms with Crippen LogP contribution >= 0.6 is 0 Å². The van der Waals surface area contributed by atoms with Crippen molar-refractivity contribution < 1.29 is 14.7 Å². The van der Waals surface area contributed by atoms with Crippen LogP contribution < -0.4 is 0 Å². The lowest BCUT2D eigenvalue weighted by Crippen LogP contribution is -2.40. The second kappa shape index (κ2) is 6.51. The molecular formula is C18H23NO3. The summed E-state index contributed by atoms with van der Waals surface area (Å²) in [6, 6.07) is 7.17. The summed E-state index contributed by atoms with van der Waals surface area (Å²) < 4.78 is 0. The molecule has 1 amide bonds. The Morgan fingerprint density at radius 3 is 2.27 bits per heavy atom. The number of nitrogens with zero attached hydrogens (tertiary/aromatic N) is 1. The fourth-order valence-corrected chi connectivity index (χ4v) is 3.77. The molecule has 2 aliphatic rings. The molecule has 2 fully saturated rings. The van der Waals surface area contributed by atoms with Crippen LogP contribution in [0.4, 0.5) is 0 Å². The summed E-state index contributed by atoms with van der Waals surface area (Å²) in [4.78, 5) is 25.2. The number of aliphatic carboxylic acids is 1. The topological polar surface area (TPSA) is 57.6 Å². The van der Waals surface area contributed by atoms with Gasteiger partial charge in [0.2, 0.25) is 0 Å². The Labute approximate surface area is 131 Å². The first-order valence-electron chi connectivity index (χ1n) is 8.30. The molecule has 1 N–H and O–H groups in total. The Kier molecular flexibility index (Phi) is 4.46. The zero-order valence-corrected chi connectivity index (χ0v) is 12.8. The molecular weight excluding hydrogens is 278 g/mol. The number of amides is 1. The number of carboxylic acids is 1. The van der Waals surface area contributed by atoms with Crippen molar-refractivity contribution in [2.45, 2.75) is 56.9 Å². The Morgan fingerprint density at radius 1 is 0.955 bits per heavy atom. The van der Waals surface area contributed by atoms with Crippen LogP contribution in [-0.4, -0.2) is 34.5 Å². The molecule has 118 valence electrons. The first-order chi connectivity index (χ1) is 10.7. The molecule has 1 saturated heterocycles. The predicted octanol–water partition coefficient (Wildman–Crippen LogP) is 3.42. The molecule has 1 saturated carbocycles. The van der Waals surface area contributed by atoms with Crippen molar-refractivity contribution in [2.75, 3.05) is 6.54 Å². The van der Waals surface area contributed by atoms with E-state index in [0.717, 1.165) is 6.42 Å². The highest BCUT2D eigenvalue weighted by Crippen LogP contribution is 2.32. The molecule has 3 rings (SSSR count). The van der Waals surface area contributed by atoms with Gasteiger partial charge in [0, 0.05) is 12.1 Å². The van der Waals surface area contributed by atoms with Crippen molar-refractivity contribution in [3.05, 3.63) is 35.4 Å². The highest BCUT2D eigenvalue weighted by Gasteiger charge is 2.34. The van der Waals surface area contributed by atoms with E-state index in [0.29, 0.717) is 24.4 Å². The van der Waals surface area contributed by atoms with Gasteiger partial charge in [-0.25, -0.2) is 4.79 Å². The zero-order valence-electron chi connectivity index (χ0n) is 12.8. The molecule has 22 heavy (non-hydrogen) atoms. The van der Waals surface area contributed by atoms with Crippen LogP contribution in [0.15, 0.2) is 24.3 Å². The van der Waals surface area contributed by atoms with E-state index < -0.39 is 12.0 Å². The first kappa shape index (κ1) is 15.1. The third-order valence-corrected chi connectivity index (χ3v) is 5.03. The molecule has 0 radical (unpaired) electrons. The number of hydrogen-bond donors (Lipinski definition) is 1. The van der Waals surface area contributed by atoms with E-state index in [-0.39, 0.29) is 5.91 Å². The van der Waals surface area contributed by atoms with Crippen LogP contribution in [0.5, 0.6) is 0 Å². The molecule has 1 aliphatic carbocycles. The van der Waals surface area contributed by atoms with Gasteiger partial charge in [-0.1, -0.05) is 31.4 Å². The van der Waals surface area contributed by atoms with Gasteiger partial charge in [0.05, 0.1) is 0 Å². The van der Waals surface area contributed by atoms with Gasteiger partial charge < -0.3 is 10.0 Å². The largest absolute Gasteiger partial charge is 0.480 e. The number of carbonyl (C=O) groups excluding carboxylic acids is 1. The quantitative estimate of drug-likeness (QED) is 0.930. The van der Waals surface area contributed by atoms with Crippen molar-refractivity contribution in [1.29, 1.82) is 0 Å². The number of benzene rings is 1. The van der Waals surface area contributed by atoms with E-state index in [1.54, 1.807) is 0 Å². The maximum Gasteiger partial charge on any atom is 0.326 e. The lowest BCUT2D eigenvalue weighted by molar-refractivity contribution is -0.141. The van der Waals surface area contributed by atoms with Gasteiger partial charge in [0.25, 0.3) is 5.91 Å². The van der Waals surface area contributed by atoms with E-state index in [2.05, 4.69) is 12.1 Å². The SMILES string of the molecule is O=C(O)C1CCCN1C(=O)c1ccc(C2CCCCC2)cc1. The minimum absolute atomic E-state index is 0.153. The highest BCUT2D eigenvalue weighted by molar-refractivity contribution is 5.97. The van der Waals surface area contributed by atoms with Gasteiger partial charge in [0.15, 0.2) is 0 Å². The molecule has 0 spiro atoms. The molecule has 1 atom stereocenters. The minimum atomic E-state index is -0.898. The second-order valence-electron chi connectivity index (χ2n) is 6.45. The van der Waals surface area contributed by atoms with E-state index in [9.17, 15) is 14.7 Å². The fourth-order valence-electron chi connectivity index (χ4n) is 3.77. The van der Waals surface area contributed by atoms with Gasteiger partial charge in [-0.15, -0.1) is 0 Å². The molecule has 0 bridgehead atoms. The van der Waals surface area contributed by atoms with E-state index >= 15 is 0 Å². The molecule has 4 heteroatoms. The lowest BCUT2D eigenvalue weighted by atomic mass is 9.84. The number of carbonyl (C=O) groups is 2. The molecule has 1 unspecified atom stereocenters. The van der Waals surface area contributed by atoms with Crippen molar-refractivity contribution >= 4 is 11.9 Å². The first-order valence-corrected chi connectivity index (χ1v) is 8.30. The number of hydrogen-bond acceptors (Lipinski definition) is 2. The van der Waals surface area contributed by atoms with Crippen molar-refractivity contribution in [3.63, 3.8) is 0 Å². The maximum atomic E-state index is 12.5. The molecule has 1 aromatic carbocycles. The number of carboxylic acid groups (broad SMARTS) is 1. The Balaban J connectivity index is 1.72. The van der Waals surface area contributed by atoms with E-state index in [1.807, 2.05) is 12.1 Å². The van der Waals surface area contributed by atoms with Crippen LogP contribution in [0, 0.1) is 0 Å². The highest BCUT2D eigenvalue weighted by atomic mass is 16.4. The average Bonchev–Trinajstić information content (AvgIpc) is 3.05. The maximum absolute atomic E-state index is 12.5. The average molecular weight is 301 g/mol. The second-order valence-corrected chi connectivity index (χ2v) is 6.45. The number of likely N-dealkylation sites (tertiary alicyclic amines) is 1. The molecule has 1 aromatic rings. The van der Waals surface area contributed by atoms with Gasteiger partial charge in [-0.2, -0.15) is 0 Å². The summed E-state index contributed by atoms with van der Waals surface area (Å²) in [5.74, 6) is -0.429. The Morgan fingerprint density at radius 2 is 1.64 bits per heavy atom.